The Morgan fingerprint density at radius 2 is 1.89 bits per heavy atom. The Morgan fingerprint density at radius 1 is 1.11 bits per heavy atom. The quantitative estimate of drug-likeness (QED) is 0.525. The van der Waals surface area contributed by atoms with Crippen molar-refractivity contribution in [2.75, 3.05) is 5.75 Å². The molecule has 0 amide bonds. The van der Waals surface area contributed by atoms with E-state index in [1.54, 1.807) is 11.8 Å². The first-order valence-corrected chi connectivity index (χ1v) is 10.0. The highest BCUT2D eigenvalue weighted by atomic mass is 32.2. The molecule has 1 aliphatic heterocycles. The Morgan fingerprint density at radius 3 is 2.74 bits per heavy atom. The zero-order valence-electron chi connectivity index (χ0n) is 15.0. The average Bonchev–Trinajstić information content (AvgIpc) is 3.28. The van der Waals surface area contributed by atoms with Gasteiger partial charge in [0.05, 0.1) is 10.6 Å². The van der Waals surface area contributed by atoms with Crippen LogP contribution in [0.2, 0.25) is 0 Å². The molecule has 5 rings (SSSR count). The van der Waals surface area contributed by atoms with Crippen molar-refractivity contribution in [3.8, 4) is 11.4 Å². The second-order valence-corrected chi connectivity index (χ2v) is 7.91. The maximum Gasteiger partial charge on any atom is 0.171 e. The molecule has 4 aromatic rings. The Kier molecular flexibility index (Phi) is 3.90. The molecule has 1 aliphatic rings. The number of aromatic nitrogens is 3. The van der Waals surface area contributed by atoms with Gasteiger partial charge < -0.3 is 9.13 Å². The number of hydrogen-bond donors (Lipinski definition) is 0. The van der Waals surface area contributed by atoms with E-state index in [0.717, 1.165) is 38.6 Å². The lowest BCUT2D eigenvalue weighted by atomic mass is 9.98. The van der Waals surface area contributed by atoms with Gasteiger partial charge in [-0.15, -0.1) is 11.8 Å². The van der Waals surface area contributed by atoms with E-state index in [1.165, 1.54) is 0 Å². The van der Waals surface area contributed by atoms with Gasteiger partial charge in [-0.1, -0.05) is 48.5 Å². The number of carbonyl (C=O) groups is 1. The molecule has 0 fully saturated rings. The van der Waals surface area contributed by atoms with Crippen molar-refractivity contribution < 1.29 is 4.79 Å². The van der Waals surface area contributed by atoms with Crippen molar-refractivity contribution in [2.24, 2.45) is 13.0 Å². The standard InChI is InChI=1S/C22H19N3OS/c1-24-18-10-6-5-9-17(18)19-20(26)16(14-27-22(19)24)13-25-12-11-23-21(25)15-7-3-2-4-8-15/h2-12,16H,13-14H2,1H3. The summed E-state index contributed by atoms with van der Waals surface area (Å²) in [5.74, 6) is 1.90. The molecular weight excluding hydrogens is 354 g/mol. The second-order valence-electron chi connectivity index (χ2n) is 6.90. The van der Waals surface area contributed by atoms with E-state index in [9.17, 15) is 4.79 Å². The minimum absolute atomic E-state index is 0.0510. The summed E-state index contributed by atoms with van der Waals surface area (Å²) >= 11 is 1.78. The van der Waals surface area contributed by atoms with Crippen LogP contribution in [0.3, 0.4) is 0 Å². The number of thioether (sulfide) groups is 1. The van der Waals surface area contributed by atoms with Gasteiger partial charge in [-0.3, -0.25) is 4.79 Å². The first-order chi connectivity index (χ1) is 13.2. The predicted molar refractivity (Wildman–Crippen MR) is 109 cm³/mol. The largest absolute Gasteiger partial charge is 0.338 e. The molecule has 2 aromatic carbocycles. The van der Waals surface area contributed by atoms with Gasteiger partial charge in [-0.05, 0) is 6.07 Å². The van der Waals surface area contributed by atoms with Crippen molar-refractivity contribution >= 4 is 28.4 Å². The summed E-state index contributed by atoms with van der Waals surface area (Å²) < 4.78 is 4.25. The van der Waals surface area contributed by atoms with E-state index in [4.69, 9.17) is 0 Å². The number of Topliss-reactive ketones (excluding diaryl/α,β-unsaturated/α-hetero) is 1. The minimum Gasteiger partial charge on any atom is -0.338 e. The van der Waals surface area contributed by atoms with E-state index >= 15 is 0 Å². The first-order valence-electron chi connectivity index (χ1n) is 9.05. The predicted octanol–water partition coefficient (Wildman–Crippen LogP) is 4.65. The highest BCUT2D eigenvalue weighted by Gasteiger charge is 2.33. The molecule has 4 nitrogen and oxygen atoms in total. The molecule has 5 heteroatoms. The van der Waals surface area contributed by atoms with Crippen molar-refractivity contribution in [2.45, 2.75) is 11.6 Å². The molecule has 2 aromatic heterocycles. The molecule has 0 saturated carbocycles. The SMILES string of the molecule is Cn1c2c(c3ccccc31)C(=O)C(Cn1ccnc1-c1ccccc1)CS2. The molecule has 0 spiro atoms. The van der Waals surface area contributed by atoms with Gasteiger partial charge in [0.2, 0.25) is 0 Å². The van der Waals surface area contributed by atoms with Crippen molar-refractivity contribution in [3.63, 3.8) is 0 Å². The number of carbonyl (C=O) groups excluding carboxylic acids is 1. The number of ketones is 1. The molecular formula is C22H19N3OS. The fraction of sp³-hybridized carbons (Fsp3) is 0.182. The van der Waals surface area contributed by atoms with Crippen LogP contribution >= 0.6 is 11.8 Å². The summed E-state index contributed by atoms with van der Waals surface area (Å²) in [6.07, 6.45) is 3.78. The molecule has 0 radical (unpaired) electrons. The van der Waals surface area contributed by atoms with Gasteiger partial charge in [0.1, 0.15) is 5.82 Å². The Hall–Kier alpha value is -2.79. The highest BCUT2D eigenvalue weighted by Crippen LogP contribution is 2.39. The molecule has 0 N–H and O–H groups in total. The molecule has 1 atom stereocenters. The third kappa shape index (κ3) is 2.61. The lowest BCUT2D eigenvalue weighted by molar-refractivity contribution is 0.0916. The summed E-state index contributed by atoms with van der Waals surface area (Å²) in [7, 11) is 2.05. The lowest BCUT2D eigenvalue weighted by Gasteiger charge is -2.23. The lowest BCUT2D eigenvalue weighted by Crippen LogP contribution is -2.26. The van der Waals surface area contributed by atoms with E-state index in [0.29, 0.717) is 6.54 Å². The first kappa shape index (κ1) is 16.4. The van der Waals surface area contributed by atoms with Crippen LogP contribution in [0.15, 0.2) is 72.0 Å². The summed E-state index contributed by atoms with van der Waals surface area (Å²) in [5, 5.41) is 2.15. The fourth-order valence-electron chi connectivity index (χ4n) is 3.91. The number of imidazole rings is 1. The Balaban J connectivity index is 1.51. The van der Waals surface area contributed by atoms with Crippen molar-refractivity contribution in [3.05, 3.63) is 72.6 Å². The summed E-state index contributed by atoms with van der Waals surface area (Å²) in [6.45, 7) is 0.652. The van der Waals surface area contributed by atoms with E-state index in [1.807, 2.05) is 49.8 Å². The smallest absolute Gasteiger partial charge is 0.171 e. The van der Waals surface area contributed by atoms with Gasteiger partial charge in [0.25, 0.3) is 0 Å². The average molecular weight is 373 g/mol. The number of benzene rings is 2. The van der Waals surface area contributed by atoms with Gasteiger partial charge in [0.15, 0.2) is 5.78 Å². The summed E-state index contributed by atoms with van der Waals surface area (Å²) in [5.41, 5.74) is 3.08. The molecule has 0 aliphatic carbocycles. The van der Waals surface area contributed by atoms with Crippen LogP contribution in [0.1, 0.15) is 10.4 Å². The monoisotopic (exact) mass is 373 g/mol. The normalized spacial score (nSPS) is 16.6. The van der Waals surface area contributed by atoms with Gasteiger partial charge in [-0.25, -0.2) is 4.98 Å². The maximum absolute atomic E-state index is 13.4. The molecule has 1 unspecified atom stereocenters. The van der Waals surface area contributed by atoms with Crippen LogP contribution in [-0.4, -0.2) is 25.7 Å². The Labute approximate surface area is 161 Å². The molecule has 134 valence electrons. The second kappa shape index (κ2) is 6.43. The zero-order chi connectivity index (χ0) is 18.4. The van der Waals surface area contributed by atoms with Gasteiger partial charge >= 0.3 is 0 Å². The number of fused-ring (bicyclic) bond motifs is 3. The van der Waals surface area contributed by atoms with Crippen LogP contribution in [0.5, 0.6) is 0 Å². The fourth-order valence-corrected chi connectivity index (χ4v) is 5.18. The Bertz CT molecular complexity index is 1140. The zero-order valence-corrected chi connectivity index (χ0v) is 15.8. The third-order valence-corrected chi connectivity index (χ3v) is 6.58. The number of hydrogen-bond acceptors (Lipinski definition) is 3. The van der Waals surface area contributed by atoms with Crippen molar-refractivity contribution in [1.82, 2.24) is 14.1 Å². The minimum atomic E-state index is -0.0510. The van der Waals surface area contributed by atoms with E-state index in [2.05, 4.69) is 38.4 Å². The van der Waals surface area contributed by atoms with E-state index in [-0.39, 0.29) is 11.7 Å². The third-order valence-electron chi connectivity index (χ3n) is 5.26. The van der Waals surface area contributed by atoms with E-state index < -0.39 is 0 Å². The topological polar surface area (TPSA) is 39.8 Å². The summed E-state index contributed by atoms with van der Waals surface area (Å²) in [6, 6.07) is 18.3. The number of rotatable bonds is 3. The van der Waals surface area contributed by atoms with Crippen LogP contribution in [0.25, 0.3) is 22.3 Å². The van der Waals surface area contributed by atoms with Crippen LogP contribution < -0.4 is 0 Å². The van der Waals surface area contributed by atoms with Crippen LogP contribution in [0.4, 0.5) is 0 Å². The molecule has 3 heterocycles. The maximum atomic E-state index is 13.4. The molecule has 0 bridgehead atoms. The van der Waals surface area contributed by atoms with Crippen LogP contribution in [-0.2, 0) is 13.6 Å². The van der Waals surface area contributed by atoms with Crippen LogP contribution in [0, 0.1) is 5.92 Å². The molecule has 0 saturated heterocycles. The van der Waals surface area contributed by atoms with Gasteiger partial charge in [-0.2, -0.15) is 0 Å². The number of nitrogens with zero attached hydrogens (tertiary/aromatic N) is 3. The van der Waals surface area contributed by atoms with Crippen molar-refractivity contribution in [1.29, 1.82) is 0 Å². The number of aryl methyl sites for hydroxylation is 1. The number of para-hydroxylation sites is 1. The molecule has 27 heavy (non-hydrogen) atoms. The van der Waals surface area contributed by atoms with Gasteiger partial charge in [0, 0.05) is 54.1 Å². The summed E-state index contributed by atoms with van der Waals surface area (Å²) in [4.78, 5) is 17.9. The highest BCUT2D eigenvalue weighted by molar-refractivity contribution is 7.99.